The van der Waals surface area contributed by atoms with E-state index in [0.29, 0.717) is 24.6 Å². The summed E-state index contributed by atoms with van der Waals surface area (Å²) in [5.74, 6) is 1.43. The van der Waals surface area contributed by atoms with Gasteiger partial charge in [-0.1, -0.05) is 24.3 Å². The van der Waals surface area contributed by atoms with Crippen LogP contribution >= 0.6 is 0 Å². The van der Waals surface area contributed by atoms with Gasteiger partial charge in [-0.05, 0) is 52.7 Å². The molecule has 0 spiro atoms. The van der Waals surface area contributed by atoms with E-state index in [1.54, 1.807) is 24.3 Å². The highest BCUT2D eigenvalue weighted by Gasteiger charge is 2.13. The Bertz CT molecular complexity index is 1640. The summed E-state index contributed by atoms with van der Waals surface area (Å²) < 4.78 is 10.9. The number of fused-ring (bicyclic) bond motifs is 1. The number of rotatable bonds is 9. The predicted molar refractivity (Wildman–Crippen MR) is 140 cm³/mol. The van der Waals surface area contributed by atoms with Crippen molar-refractivity contribution < 1.29 is 4.74 Å². The highest BCUT2D eigenvalue weighted by atomic mass is 16.5. The van der Waals surface area contributed by atoms with Crippen LogP contribution in [-0.4, -0.2) is 56.8 Å². The number of hydrogen-bond donors (Lipinski definition) is 1. The smallest absolute Gasteiger partial charge is 0.186 e. The van der Waals surface area contributed by atoms with Crippen molar-refractivity contribution >= 4 is 16.9 Å². The van der Waals surface area contributed by atoms with E-state index >= 15 is 0 Å². The van der Waals surface area contributed by atoms with Crippen LogP contribution in [0.15, 0.2) is 79.8 Å². The fraction of sp³-hybridized carbons (Fsp3) is 0.192. The second-order valence-electron chi connectivity index (χ2n) is 8.79. The Labute approximate surface area is 217 Å². The Morgan fingerprint density at radius 1 is 1.08 bits per heavy atom. The monoisotopic (exact) mass is 507 g/mol. The van der Waals surface area contributed by atoms with Crippen LogP contribution in [0.3, 0.4) is 0 Å². The van der Waals surface area contributed by atoms with Crippen molar-refractivity contribution in [3.63, 3.8) is 0 Å². The van der Waals surface area contributed by atoms with Gasteiger partial charge in [0.1, 0.15) is 24.2 Å². The molecule has 6 rings (SSSR count). The Morgan fingerprint density at radius 3 is 2.74 bits per heavy atom. The van der Waals surface area contributed by atoms with E-state index in [9.17, 15) is 0 Å². The third kappa shape index (κ3) is 4.66. The summed E-state index contributed by atoms with van der Waals surface area (Å²) in [6.45, 7) is 3.22. The molecule has 4 heterocycles. The number of methoxy groups -OCH3 is 1. The summed E-state index contributed by atoms with van der Waals surface area (Å²) in [5.41, 5.74) is 4.74. The first-order valence-corrected chi connectivity index (χ1v) is 12.1. The molecule has 12 heteroatoms. The van der Waals surface area contributed by atoms with Gasteiger partial charge in [0, 0.05) is 30.7 Å². The van der Waals surface area contributed by atoms with Gasteiger partial charge in [0.25, 0.3) is 0 Å². The maximum Gasteiger partial charge on any atom is 0.186 e. The van der Waals surface area contributed by atoms with Crippen molar-refractivity contribution in [1.29, 1.82) is 0 Å². The maximum absolute atomic E-state index is 5.42. The number of nitrogens with one attached hydrogen (secondary N) is 1. The number of ether oxygens (including phenoxy) is 1. The first-order chi connectivity index (χ1) is 18.7. The van der Waals surface area contributed by atoms with Crippen LogP contribution < -0.4 is 10.1 Å². The van der Waals surface area contributed by atoms with Crippen LogP contribution in [0.5, 0.6) is 5.75 Å². The van der Waals surface area contributed by atoms with E-state index in [4.69, 9.17) is 4.74 Å². The second-order valence-corrected chi connectivity index (χ2v) is 8.79. The zero-order valence-corrected chi connectivity index (χ0v) is 20.9. The molecule has 0 aliphatic carbocycles. The molecule has 4 aromatic heterocycles. The zero-order valence-electron chi connectivity index (χ0n) is 20.9. The van der Waals surface area contributed by atoms with Crippen LogP contribution in [0.1, 0.15) is 29.7 Å². The molecule has 1 N–H and O–H groups in total. The minimum absolute atomic E-state index is 0.168. The predicted octanol–water partition coefficient (Wildman–Crippen LogP) is 3.28. The molecule has 0 radical (unpaired) electrons. The Balaban J connectivity index is 1.20. The number of anilines is 1. The fourth-order valence-electron chi connectivity index (χ4n) is 4.36. The van der Waals surface area contributed by atoms with Crippen molar-refractivity contribution in [1.82, 2.24) is 49.7 Å². The third-order valence-electron chi connectivity index (χ3n) is 6.42. The fourth-order valence-corrected chi connectivity index (χ4v) is 4.36. The number of nitrogens with zero attached hydrogens (tertiary/aromatic N) is 10. The molecule has 0 bridgehead atoms. The summed E-state index contributed by atoms with van der Waals surface area (Å²) in [6, 6.07) is 16.3. The Morgan fingerprint density at radius 2 is 1.97 bits per heavy atom. The number of tetrazole rings is 1. The summed E-state index contributed by atoms with van der Waals surface area (Å²) in [6.07, 6.45) is 8.81. The highest BCUT2D eigenvalue weighted by Crippen LogP contribution is 2.24. The molecule has 190 valence electrons. The van der Waals surface area contributed by atoms with Crippen LogP contribution in [0.2, 0.25) is 0 Å². The zero-order chi connectivity index (χ0) is 25.9. The molecular formula is C26H25N11O. The number of hydrogen-bond acceptors (Lipinski definition) is 9. The SMILES string of the molecule is COc1ccc(-n2cnnn2)c(CNc2ncnc3nn(Cc4ccc(C(C)n5cccn5)cc4)cc23)c1. The van der Waals surface area contributed by atoms with Gasteiger partial charge in [-0.15, -0.1) is 5.10 Å². The quantitative estimate of drug-likeness (QED) is 0.314. The molecule has 1 unspecified atom stereocenters. The standard InChI is InChI=1S/C26H25N11O/c1-18(36-11-3-10-31-36)20-6-4-19(5-7-20)14-35-15-23-25(28-16-29-26(23)32-35)27-13-21-12-22(38-2)8-9-24(21)37-17-30-33-34-37/h3-12,15-18H,13-14H2,1-2H3,(H,27,28,29,32). The van der Waals surface area contributed by atoms with Crippen LogP contribution in [0, 0.1) is 0 Å². The summed E-state index contributed by atoms with van der Waals surface area (Å²) >= 11 is 0. The van der Waals surface area contributed by atoms with Gasteiger partial charge in [-0.25, -0.2) is 14.6 Å². The van der Waals surface area contributed by atoms with Gasteiger partial charge in [-0.2, -0.15) is 10.2 Å². The van der Waals surface area contributed by atoms with Crippen molar-refractivity contribution in [2.75, 3.05) is 12.4 Å². The Kier molecular flexibility index (Phi) is 6.18. The lowest BCUT2D eigenvalue weighted by atomic mass is 10.1. The van der Waals surface area contributed by atoms with E-state index in [0.717, 1.165) is 28.0 Å². The third-order valence-corrected chi connectivity index (χ3v) is 6.42. The van der Waals surface area contributed by atoms with Crippen molar-refractivity contribution in [3.05, 3.63) is 96.5 Å². The van der Waals surface area contributed by atoms with Crippen molar-refractivity contribution in [2.45, 2.75) is 26.1 Å². The van der Waals surface area contributed by atoms with Gasteiger partial charge in [0.05, 0.1) is 30.8 Å². The average Bonchev–Trinajstić information content (AvgIpc) is 3.74. The normalized spacial score (nSPS) is 12.1. The Hall–Kier alpha value is -5.13. The summed E-state index contributed by atoms with van der Waals surface area (Å²) in [5, 5.41) is 24.8. The summed E-state index contributed by atoms with van der Waals surface area (Å²) in [4.78, 5) is 8.84. The van der Waals surface area contributed by atoms with Crippen LogP contribution in [-0.2, 0) is 13.1 Å². The molecule has 38 heavy (non-hydrogen) atoms. The van der Waals surface area contributed by atoms with E-state index in [1.165, 1.54) is 11.9 Å². The molecule has 0 saturated heterocycles. The van der Waals surface area contributed by atoms with Gasteiger partial charge >= 0.3 is 0 Å². The maximum atomic E-state index is 5.42. The highest BCUT2D eigenvalue weighted by molar-refractivity contribution is 5.85. The van der Waals surface area contributed by atoms with Crippen LogP contribution in [0.25, 0.3) is 16.7 Å². The van der Waals surface area contributed by atoms with Crippen molar-refractivity contribution in [2.24, 2.45) is 0 Å². The molecule has 0 amide bonds. The van der Waals surface area contributed by atoms with Gasteiger partial charge < -0.3 is 10.1 Å². The minimum Gasteiger partial charge on any atom is -0.497 e. The first-order valence-electron chi connectivity index (χ1n) is 12.1. The van der Waals surface area contributed by atoms with Gasteiger partial charge in [0.15, 0.2) is 5.65 Å². The van der Waals surface area contributed by atoms with E-state index in [1.807, 2.05) is 46.0 Å². The largest absolute Gasteiger partial charge is 0.497 e. The molecule has 2 aromatic carbocycles. The minimum atomic E-state index is 0.168. The molecule has 0 aliphatic rings. The molecule has 0 fully saturated rings. The molecular weight excluding hydrogens is 482 g/mol. The van der Waals surface area contributed by atoms with Crippen LogP contribution in [0.4, 0.5) is 5.82 Å². The number of benzene rings is 2. The van der Waals surface area contributed by atoms with E-state index in [-0.39, 0.29) is 6.04 Å². The topological polar surface area (TPSA) is 126 Å². The molecule has 1 atom stereocenters. The summed E-state index contributed by atoms with van der Waals surface area (Å²) in [7, 11) is 1.64. The first kappa shape index (κ1) is 23.3. The lowest BCUT2D eigenvalue weighted by Crippen LogP contribution is -2.07. The van der Waals surface area contributed by atoms with Gasteiger partial charge in [0.2, 0.25) is 0 Å². The average molecular weight is 508 g/mol. The van der Waals surface area contributed by atoms with Crippen molar-refractivity contribution in [3.8, 4) is 11.4 Å². The van der Waals surface area contributed by atoms with E-state index < -0.39 is 0 Å². The molecule has 0 aliphatic heterocycles. The lowest BCUT2D eigenvalue weighted by Gasteiger charge is -2.13. The number of aromatic nitrogens is 10. The van der Waals surface area contributed by atoms with Gasteiger partial charge in [-0.3, -0.25) is 9.36 Å². The lowest BCUT2D eigenvalue weighted by molar-refractivity contribution is 0.414. The second kappa shape index (κ2) is 10.1. The molecule has 0 saturated carbocycles. The molecule has 12 nitrogen and oxygen atoms in total. The van der Waals surface area contributed by atoms with E-state index in [2.05, 4.69) is 72.2 Å². The molecule has 6 aromatic rings.